The minimum absolute atomic E-state index is 0.0554. The number of carbonyl (C=O) groups is 2. The van der Waals surface area contributed by atoms with Crippen molar-refractivity contribution in [1.82, 2.24) is 10.2 Å². The second-order valence-electron chi connectivity index (χ2n) is 9.01. The third-order valence-electron chi connectivity index (χ3n) is 6.55. The third-order valence-corrected chi connectivity index (χ3v) is 6.55. The summed E-state index contributed by atoms with van der Waals surface area (Å²) in [6, 6.07) is 17.5. The molecule has 7 heteroatoms. The molecule has 1 unspecified atom stereocenters. The molecule has 0 aliphatic carbocycles. The third kappa shape index (κ3) is 5.83. The first-order valence-corrected chi connectivity index (χ1v) is 11.7. The van der Waals surface area contributed by atoms with Gasteiger partial charge in [-0.05, 0) is 74.6 Å². The molecule has 2 N–H and O–H groups in total. The summed E-state index contributed by atoms with van der Waals surface area (Å²) in [6.45, 7) is 4.85. The number of anilines is 2. The van der Waals surface area contributed by atoms with Crippen molar-refractivity contribution in [3.63, 3.8) is 0 Å². The van der Waals surface area contributed by atoms with E-state index in [9.17, 15) is 9.59 Å². The van der Waals surface area contributed by atoms with Gasteiger partial charge in [-0.25, -0.2) is 4.79 Å². The smallest absolute Gasteiger partial charge is 0.321 e. The molecule has 2 aliphatic heterocycles. The van der Waals surface area contributed by atoms with Gasteiger partial charge in [-0.3, -0.25) is 4.79 Å². The lowest BCUT2D eigenvalue weighted by Crippen LogP contribution is -2.50. The largest absolute Gasteiger partial charge is 0.371 e. The lowest BCUT2D eigenvalue weighted by Gasteiger charge is -2.36. The SMILES string of the molecule is Cc1cccc(NC(=O)N2CCCC(C(=O)NC3CCN(c4ccc(C#N)cc4)CC3)C2)c1. The van der Waals surface area contributed by atoms with Gasteiger partial charge in [0.05, 0.1) is 17.6 Å². The summed E-state index contributed by atoms with van der Waals surface area (Å²) in [5.41, 5.74) is 3.64. The average molecular weight is 446 g/mol. The van der Waals surface area contributed by atoms with Crippen LogP contribution >= 0.6 is 0 Å². The molecular formula is C26H31N5O2. The second-order valence-corrected chi connectivity index (χ2v) is 9.01. The molecule has 0 aromatic heterocycles. The first kappa shape index (κ1) is 22.7. The Hall–Kier alpha value is -3.53. The lowest BCUT2D eigenvalue weighted by molar-refractivity contribution is -0.127. The molecule has 33 heavy (non-hydrogen) atoms. The van der Waals surface area contributed by atoms with Crippen LogP contribution < -0.4 is 15.5 Å². The molecule has 2 aromatic rings. The molecule has 4 rings (SSSR count). The highest BCUT2D eigenvalue weighted by Crippen LogP contribution is 2.22. The molecule has 0 saturated carbocycles. The van der Waals surface area contributed by atoms with Gasteiger partial charge in [-0.1, -0.05) is 12.1 Å². The maximum Gasteiger partial charge on any atom is 0.321 e. The normalized spacial score (nSPS) is 19.0. The Bertz CT molecular complexity index is 1020. The Morgan fingerprint density at radius 3 is 2.48 bits per heavy atom. The fourth-order valence-electron chi connectivity index (χ4n) is 4.65. The van der Waals surface area contributed by atoms with E-state index in [1.54, 1.807) is 4.90 Å². The van der Waals surface area contributed by atoms with Gasteiger partial charge in [-0.2, -0.15) is 5.26 Å². The number of urea groups is 1. The number of amides is 3. The molecule has 3 amide bonds. The highest BCUT2D eigenvalue weighted by molar-refractivity contribution is 5.90. The van der Waals surface area contributed by atoms with Crippen molar-refractivity contribution in [2.75, 3.05) is 36.4 Å². The van der Waals surface area contributed by atoms with E-state index in [4.69, 9.17) is 5.26 Å². The molecule has 2 heterocycles. The van der Waals surface area contributed by atoms with Crippen LogP contribution in [0.15, 0.2) is 48.5 Å². The maximum atomic E-state index is 12.9. The van der Waals surface area contributed by atoms with Gasteiger partial charge in [0, 0.05) is 43.6 Å². The molecular weight excluding hydrogens is 414 g/mol. The molecule has 2 aliphatic rings. The second kappa shape index (κ2) is 10.4. The number of nitrogens with one attached hydrogen (secondary N) is 2. The van der Waals surface area contributed by atoms with E-state index in [0.29, 0.717) is 18.7 Å². The Morgan fingerprint density at radius 2 is 1.79 bits per heavy atom. The highest BCUT2D eigenvalue weighted by Gasteiger charge is 2.30. The number of nitriles is 1. The average Bonchev–Trinajstić information content (AvgIpc) is 2.84. The van der Waals surface area contributed by atoms with Crippen molar-refractivity contribution in [1.29, 1.82) is 5.26 Å². The first-order chi connectivity index (χ1) is 16.0. The van der Waals surface area contributed by atoms with Crippen molar-refractivity contribution < 1.29 is 9.59 Å². The summed E-state index contributed by atoms with van der Waals surface area (Å²) in [6.07, 6.45) is 3.41. The van der Waals surface area contributed by atoms with Crippen LogP contribution in [-0.2, 0) is 4.79 Å². The van der Waals surface area contributed by atoms with Crippen molar-refractivity contribution in [3.8, 4) is 6.07 Å². The van der Waals surface area contributed by atoms with E-state index < -0.39 is 0 Å². The van der Waals surface area contributed by atoms with E-state index in [2.05, 4.69) is 21.6 Å². The van der Waals surface area contributed by atoms with Gasteiger partial charge >= 0.3 is 6.03 Å². The van der Waals surface area contributed by atoms with Crippen LogP contribution in [0.5, 0.6) is 0 Å². The quantitative estimate of drug-likeness (QED) is 0.747. The van der Waals surface area contributed by atoms with Crippen molar-refractivity contribution in [2.24, 2.45) is 5.92 Å². The van der Waals surface area contributed by atoms with Gasteiger partial charge in [0.15, 0.2) is 0 Å². The summed E-state index contributed by atoms with van der Waals surface area (Å²) >= 11 is 0. The number of piperidine rings is 2. The first-order valence-electron chi connectivity index (χ1n) is 11.7. The predicted octanol–water partition coefficient (Wildman–Crippen LogP) is 3.90. The monoisotopic (exact) mass is 445 g/mol. The predicted molar refractivity (Wildman–Crippen MR) is 129 cm³/mol. The number of rotatable bonds is 4. The fraction of sp³-hybridized carbons (Fsp3) is 0.423. The Balaban J connectivity index is 1.25. The number of carbonyl (C=O) groups excluding carboxylic acids is 2. The maximum absolute atomic E-state index is 12.9. The molecule has 1 atom stereocenters. The summed E-state index contributed by atoms with van der Waals surface area (Å²) in [5, 5.41) is 15.1. The highest BCUT2D eigenvalue weighted by atomic mass is 16.2. The molecule has 0 radical (unpaired) electrons. The van der Waals surface area contributed by atoms with Gasteiger partial charge in [-0.15, -0.1) is 0 Å². The zero-order chi connectivity index (χ0) is 23.2. The van der Waals surface area contributed by atoms with Crippen LogP contribution in [0.25, 0.3) is 0 Å². The van der Waals surface area contributed by atoms with Crippen molar-refractivity contribution >= 4 is 23.3 Å². The Morgan fingerprint density at radius 1 is 1.03 bits per heavy atom. The van der Waals surface area contributed by atoms with Crippen LogP contribution in [0.2, 0.25) is 0 Å². The number of nitrogens with zero attached hydrogens (tertiary/aromatic N) is 3. The lowest BCUT2D eigenvalue weighted by atomic mass is 9.96. The zero-order valence-electron chi connectivity index (χ0n) is 19.1. The van der Waals surface area contributed by atoms with Crippen LogP contribution in [0.4, 0.5) is 16.2 Å². The molecule has 172 valence electrons. The van der Waals surface area contributed by atoms with E-state index in [1.165, 1.54) is 0 Å². The van der Waals surface area contributed by atoms with E-state index in [-0.39, 0.29) is 23.9 Å². The summed E-state index contributed by atoms with van der Waals surface area (Å²) in [4.78, 5) is 29.7. The number of hydrogen-bond donors (Lipinski definition) is 2. The molecule has 2 fully saturated rings. The summed E-state index contributed by atoms with van der Waals surface area (Å²) < 4.78 is 0. The number of hydrogen-bond acceptors (Lipinski definition) is 4. The van der Waals surface area contributed by atoms with Gasteiger partial charge in [0.1, 0.15) is 0 Å². The van der Waals surface area contributed by atoms with Crippen LogP contribution in [0, 0.1) is 24.2 Å². The standard InChI is InChI=1S/C26H31N5O2/c1-19-4-2-6-23(16-19)29-26(33)31-13-3-5-21(18-31)25(32)28-22-11-14-30(15-12-22)24-9-7-20(17-27)8-10-24/h2,4,6-10,16,21-22H,3,5,11-15,18H2,1H3,(H,28,32)(H,29,33). The van der Waals surface area contributed by atoms with Crippen LogP contribution in [0.3, 0.4) is 0 Å². The molecule has 2 saturated heterocycles. The fourth-order valence-corrected chi connectivity index (χ4v) is 4.65. The minimum atomic E-state index is -0.168. The van der Waals surface area contributed by atoms with Crippen molar-refractivity contribution in [3.05, 3.63) is 59.7 Å². The molecule has 7 nitrogen and oxygen atoms in total. The van der Waals surface area contributed by atoms with E-state index in [1.807, 2.05) is 55.5 Å². The zero-order valence-corrected chi connectivity index (χ0v) is 19.1. The van der Waals surface area contributed by atoms with Gasteiger partial charge in [0.2, 0.25) is 5.91 Å². The topological polar surface area (TPSA) is 88.5 Å². The van der Waals surface area contributed by atoms with Crippen LogP contribution in [0.1, 0.15) is 36.8 Å². The van der Waals surface area contributed by atoms with Gasteiger partial charge in [0.25, 0.3) is 0 Å². The number of aryl methyl sites for hydroxylation is 1. The minimum Gasteiger partial charge on any atom is -0.371 e. The Kier molecular flexibility index (Phi) is 7.13. The van der Waals surface area contributed by atoms with E-state index in [0.717, 1.165) is 55.7 Å². The van der Waals surface area contributed by atoms with Crippen molar-refractivity contribution in [2.45, 2.75) is 38.6 Å². The Labute approximate surface area is 195 Å². The summed E-state index contributed by atoms with van der Waals surface area (Å²) in [7, 11) is 0. The number of likely N-dealkylation sites (tertiary alicyclic amines) is 1. The van der Waals surface area contributed by atoms with Gasteiger partial charge < -0.3 is 20.4 Å². The van der Waals surface area contributed by atoms with Crippen LogP contribution in [-0.4, -0.2) is 49.1 Å². The molecule has 2 aromatic carbocycles. The molecule has 0 spiro atoms. The summed E-state index contributed by atoms with van der Waals surface area (Å²) in [5.74, 6) is -0.113. The number of benzene rings is 2. The molecule has 0 bridgehead atoms. The van der Waals surface area contributed by atoms with E-state index >= 15 is 0 Å².